The van der Waals surface area contributed by atoms with E-state index in [1.807, 2.05) is 0 Å². The molecule has 1 saturated heterocycles. The molecule has 124 valence electrons. The fourth-order valence-electron chi connectivity index (χ4n) is 3.29. The molecule has 1 aliphatic heterocycles. The minimum Gasteiger partial charge on any atom is -0.391 e. The van der Waals surface area contributed by atoms with Gasteiger partial charge in [0.15, 0.2) is 5.65 Å². The average Bonchev–Trinajstić information content (AvgIpc) is 3.13. The van der Waals surface area contributed by atoms with Crippen molar-refractivity contribution in [2.45, 2.75) is 18.6 Å². The van der Waals surface area contributed by atoms with E-state index in [-0.39, 0.29) is 12.1 Å². The highest BCUT2D eigenvalue weighted by atomic mass is 19.1. The smallest absolute Gasteiger partial charge is 0.163 e. The standard InChI is InChI=1S/C16H15F2N5O/c1-22-15-12(6-21-22)16(20-8-19-15)23-7-10(24)5-14(23)11-4-9(17)2-3-13(11)18/h2-4,6,8,10,14,24H,5,7H2,1H3. The summed E-state index contributed by atoms with van der Waals surface area (Å²) >= 11 is 0. The van der Waals surface area contributed by atoms with Crippen LogP contribution in [0.4, 0.5) is 14.6 Å². The molecule has 3 aromatic rings. The van der Waals surface area contributed by atoms with Crippen molar-refractivity contribution in [1.82, 2.24) is 19.7 Å². The second-order valence-corrected chi connectivity index (χ2v) is 5.93. The first kappa shape index (κ1) is 14.9. The highest BCUT2D eigenvalue weighted by Gasteiger charge is 2.35. The van der Waals surface area contributed by atoms with Gasteiger partial charge < -0.3 is 10.0 Å². The Labute approximate surface area is 136 Å². The molecule has 1 aliphatic rings. The van der Waals surface area contributed by atoms with Gasteiger partial charge in [0.25, 0.3) is 0 Å². The van der Waals surface area contributed by atoms with Crippen LogP contribution in [0.1, 0.15) is 18.0 Å². The third-order valence-electron chi connectivity index (χ3n) is 4.38. The van der Waals surface area contributed by atoms with Crippen LogP contribution < -0.4 is 4.90 Å². The fraction of sp³-hybridized carbons (Fsp3) is 0.312. The maximum atomic E-state index is 14.2. The summed E-state index contributed by atoms with van der Waals surface area (Å²) in [7, 11) is 1.77. The molecule has 2 aromatic heterocycles. The lowest BCUT2D eigenvalue weighted by Crippen LogP contribution is -2.26. The van der Waals surface area contributed by atoms with E-state index in [2.05, 4.69) is 15.1 Å². The normalized spacial score (nSPS) is 20.9. The van der Waals surface area contributed by atoms with Crippen LogP contribution in [0.5, 0.6) is 0 Å². The van der Waals surface area contributed by atoms with Gasteiger partial charge in [0.1, 0.15) is 23.8 Å². The quantitative estimate of drug-likeness (QED) is 0.777. The number of aryl methyl sites for hydroxylation is 1. The number of aromatic nitrogens is 4. The van der Waals surface area contributed by atoms with Gasteiger partial charge in [-0.15, -0.1) is 0 Å². The fourth-order valence-corrected chi connectivity index (χ4v) is 3.29. The number of hydrogen-bond acceptors (Lipinski definition) is 5. The van der Waals surface area contributed by atoms with Gasteiger partial charge in [-0.3, -0.25) is 4.68 Å². The summed E-state index contributed by atoms with van der Waals surface area (Å²) in [6.45, 7) is 0.279. The molecule has 1 fully saturated rings. The molecule has 6 nitrogen and oxygen atoms in total. The average molecular weight is 331 g/mol. The topological polar surface area (TPSA) is 67.1 Å². The summed E-state index contributed by atoms with van der Waals surface area (Å²) in [5.74, 6) is -0.461. The van der Waals surface area contributed by atoms with Crippen molar-refractivity contribution in [3.63, 3.8) is 0 Å². The Morgan fingerprint density at radius 1 is 1.25 bits per heavy atom. The van der Waals surface area contributed by atoms with Crippen LogP contribution in [0.3, 0.4) is 0 Å². The van der Waals surface area contributed by atoms with Crippen LogP contribution in [0.15, 0.2) is 30.7 Å². The van der Waals surface area contributed by atoms with Gasteiger partial charge in [-0.2, -0.15) is 5.10 Å². The van der Waals surface area contributed by atoms with Gasteiger partial charge in [-0.1, -0.05) is 0 Å². The third kappa shape index (κ3) is 2.30. The van der Waals surface area contributed by atoms with Crippen LogP contribution in [-0.4, -0.2) is 37.5 Å². The van der Waals surface area contributed by atoms with Gasteiger partial charge in [0.2, 0.25) is 0 Å². The number of hydrogen-bond donors (Lipinski definition) is 1. The molecule has 0 spiro atoms. The lowest BCUT2D eigenvalue weighted by atomic mass is 10.0. The molecule has 2 atom stereocenters. The zero-order valence-corrected chi connectivity index (χ0v) is 12.9. The van der Waals surface area contributed by atoms with E-state index in [9.17, 15) is 13.9 Å². The number of aliphatic hydroxyl groups is 1. The Bertz CT molecular complexity index is 913. The second-order valence-electron chi connectivity index (χ2n) is 5.93. The summed E-state index contributed by atoms with van der Waals surface area (Å²) < 4.78 is 29.4. The molecular weight excluding hydrogens is 316 g/mol. The van der Waals surface area contributed by atoms with Gasteiger partial charge >= 0.3 is 0 Å². The lowest BCUT2D eigenvalue weighted by Gasteiger charge is -2.26. The molecule has 24 heavy (non-hydrogen) atoms. The molecule has 0 bridgehead atoms. The predicted molar refractivity (Wildman–Crippen MR) is 83.4 cm³/mol. The number of benzene rings is 1. The first-order valence-corrected chi connectivity index (χ1v) is 7.57. The summed E-state index contributed by atoms with van der Waals surface area (Å²) in [5, 5.41) is 15.0. The summed E-state index contributed by atoms with van der Waals surface area (Å²) in [6.07, 6.45) is 2.68. The van der Waals surface area contributed by atoms with Gasteiger partial charge in [0.05, 0.1) is 23.7 Å². The van der Waals surface area contributed by atoms with Crippen molar-refractivity contribution in [3.8, 4) is 0 Å². The van der Waals surface area contributed by atoms with E-state index in [1.54, 1.807) is 22.8 Å². The molecule has 1 N–H and O–H groups in total. The van der Waals surface area contributed by atoms with Gasteiger partial charge in [-0.05, 0) is 24.6 Å². The molecule has 8 heteroatoms. The molecule has 3 heterocycles. The van der Waals surface area contributed by atoms with E-state index in [0.717, 1.165) is 12.1 Å². The molecule has 0 amide bonds. The SMILES string of the molecule is Cn1ncc2c(N3CC(O)CC3c3cc(F)ccc3F)ncnc21. The molecule has 0 radical (unpaired) electrons. The van der Waals surface area contributed by atoms with Gasteiger partial charge in [0, 0.05) is 19.2 Å². The number of nitrogens with zero attached hydrogens (tertiary/aromatic N) is 5. The number of rotatable bonds is 2. The largest absolute Gasteiger partial charge is 0.391 e. The van der Waals surface area contributed by atoms with E-state index in [4.69, 9.17) is 0 Å². The predicted octanol–water partition coefficient (Wildman–Crippen LogP) is 1.95. The van der Waals surface area contributed by atoms with Crippen molar-refractivity contribution in [3.05, 3.63) is 47.9 Å². The lowest BCUT2D eigenvalue weighted by molar-refractivity contribution is 0.194. The van der Waals surface area contributed by atoms with Crippen molar-refractivity contribution in [1.29, 1.82) is 0 Å². The van der Waals surface area contributed by atoms with E-state index in [1.165, 1.54) is 12.4 Å². The molecule has 1 aromatic carbocycles. The zero-order chi connectivity index (χ0) is 16.8. The molecule has 0 saturated carbocycles. The third-order valence-corrected chi connectivity index (χ3v) is 4.38. The minimum absolute atomic E-state index is 0.210. The van der Waals surface area contributed by atoms with Crippen molar-refractivity contribution in [2.75, 3.05) is 11.4 Å². The number of anilines is 1. The first-order chi connectivity index (χ1) is 11.5. The molecule has 2 unspecified atom stereocenters. The highest BCUT2D eigenvalue weighted by Crippen LogP contribution is 2.38. The number of halogens is 2. The minimum atomic E-state index is -0.653. The van der Waals surface area contributed by atoms with Crippen LogP contribution >= 0.6 is 0 Å². The zero-order valence-electron chi connectivity index (χ0n) is 12.9. The Kier molecular flexibility index (Phi) is 3.42. The van der Waals surface area contributed by atoms with E-state index >= 15 is 0 Å². The van der Waals surface area contributed by atoms with Crippen LogP contribution in [0.25, 0.3) is 11.0 Å². The number of β-amino-alcohol motifs (C(OH)–C–C–N with tert-alkyl or cyclic N) is 1. The van der Waals surface area contributed by atoms with Crippen molar-refractivity contribution < 1.29 is 13.9 Å². The van der Waals surface area contributed by atoms with E-state index in [0.29, 0.717) is 23.3 Å². The maximum Gasteiger partial charge on any atom is 0.163 e. The van der Waals surface area contributed by atoms with Crippen LogP contribution in [0, 0.1) is 11.6 Å². The van der Waals surface area contributed by atoms with Crippen LogP contribution in [0.2, 0.25) is 0 Å². The summed E-state index contributed by atoms with van der Waals surface area (Å²) in [5.41, 5.74) is 0.849. The maximum absolute atomic E-state index is 14.2. The highest BCUT2D eigenvalue weighted by molar-refractivity contribution is 5.87. The number of aliphatic hydroxyl groups excluding tert-OH is 1. The monoisotopic (exact) mass is 331 g/mol. The van der Waals surface area contributed by atoms with Crippen LogP contribution in [-0.2, 0) is 7.05 Å². The summed E-state index contributed by atoms with van der Waals surface area (Å²) in [4.78, 5) is 10.3. The van der Waals surface area contributed by atoms with Crippen molar-refractivity contribution in [2.24, 2.45) is 7.05 Å². The molecule has 4 rings (SSSR count). The Morgan fingerprint density at radius 3 is 2.92 bits per heavy atom. The second kappa shape index (κ2) is 5.48. The van der Waals surface area contributed by atoms with Gasteiger partial charge in [-0.25, -0.2) is 18.7 Å². The summed E-state index contributed by atoms with van der Waals surface area (Å²) in [6, 6.07) is 2.85. The Balaban J connectivity index is 1.84. The van der Waals surface area contributed by atoms with E-state index < -0.39 is 23.8 Å². The molecular formula is C16H15F2N5O. The number of fused-ring (bicyclic) bond motifs is 1. The molecule has 0 aliphatic carbocycles. The Hall–Kier alpha value is -2.61. The first-order valence-electron chi connectivity index (χ1n) is 7.57. The van der Waals surface area contributed by atoms with Crippen molar-refractivity contribution >= 4 is 16.9 Å². The Morgan fingerprint density at radius 2 is 2.08 bits per heavy atom.